The van der Waals surface area contributed by atoms with E-state index >= 15 is 0 Å². The predicted molar refractivity (Wildman–Crippen MR) is 105 cm³/mol. The summed E-state index contributed by atoms with van der Waals surface area (Å²) in [5.74, 6) is -0.0180. The number of amides is 1. The highest BCUT2D eigenvalue weighted by Gasteiger charge is 2.32. The van der Waals surface area contributed by atoms with Gasteiger partial charge in [-0.1, -0.05) is 5.16 Å². The van der Waals surface area contributed by atoms with E-state index in [-0.39, 0.29) is 35.9 Å². The summed E-state index contributed by atoms with van der Waals surface area (Å²) in [6.45, 7) is 1.57. The first-order valence-electron chi connectivity index (χ1n) is 8.58. The Hall–Kier alpha value is -2.36. The van der Waals surface area contributed by atoms with Crippen molar-refractivity contribution in [2.24, 2.45) is 5.73 Å². The van der Waals surface area contributed by atoms with E-state index < -0.39 is 5.82 Å². The van der Waals surface area contributed by atoms with Crippen molar-refractivity contribution < 1.29 is 23.2 Å². The van der Waals surface area contributed by atoms with Crippen LogP contribution in [0.2, 0.25) is 0 Å². The number of hydrogen-bond acceptors (Lipinski definition) is 7. The molecular weight excluding hydrogens is 391 g/mol. The van der Waals surface area contributed by atoms with Gasteiger partial charge in [0.25, 0.3) is 5.91 Å². The maximum atomic E-state index is 13.8. The summed E-state index contributed by atoms with van der Waals surface area (Å²) in [6, 6.07) is 4.27. The highest BCUT2D eigenvalue weighted by Crippen LogP contribution is 2.34. The van der Waals surface area contributed by atoms with Gasteiger partial charge in [0.05, 0.1) is 19.8 Å². The van der Waals surface area contributed by atoms with Gasteiger partial charge in [0, 0.05) is 39.3 Å². The van der Waals surface area contributed by atoms with Crippen LogP contribution in [0, 0.1) is 5.82 Å². The van der Waals surface area contributed by atoms with Crippen LogP contribution in [-0.4, -0.2) is 69.5 Å². The maximum Gasteiger partial charge on any atom is 0.261 e. The first-order valence-corrected chi connectivity index (χ1v) is 8.58. The minimum atomic E-state index is -0.500. The number of nitrogens with zero attached hydrogens (tertiary/aromatic N) is 3. The lowest BCUT2D eigenvalue weighted by molar-refractivity contribution is -0.0167. The van der Waals surface area contributed by atoms with Crippen LogP contribution in [0.3, 0.4) is 0 Å². The first kappa shape index (κ1) is 21.9. The van der Waals surface area contributed by atoms with Crippen LogP contribution in [0.25, 0.3) is 11.3 Å². The van der Waals surface area contributed by atoms with Crippen LogP contribution in [0.5, 0.6) is 5.75 Å². The van der Waals surface area contributed by atoms with Crippen molar-refractivity contribution in [3.8, 4) is 17.1 Å². The molecule has 1 fully saturated rings. The molecular formula is C18H24ClFN4O4. The van der Waals surface area contributed by atoms with Gasteiger partial charge in [0.1, 0.15) is 5.56 Å². The van der Waals surface area contributed by atoms with Crippen molar-refractivity contribution in [2.75, 3.05) is 52.3 Å². The molecule has 1 atom stereocenters. The third kappa shape index (κ3) is 4.21. The fourth-order valence-corrected chi connectivity index (χ4v) is 2.98. The molecule has 154 valence electrons. The molecule has 1 saturated heterocycles. The molecule has 1 unspecified atom stereocenters. The average molecular weight is 415 g/mol. The molecule has 0 aliphatic carbocycles. The molecule has 2 heterocycles. The largest absolute Gasteiger partial charge is 0.494 e. The highest BCUT2D eigenvalue weighted by molar-refractivity contribution is 6.04. The normalized spacial score (nSPS) is 16.5. The van der Waals surface area contributed by atoms with Crippen molar-refractivity contribution in [2.45, 2.75) is 6.10 Å². The zero-order valence-corrected chi connectivity index (χ0v) is 16.8. The second-order valence-corrected chi connectivity index (χ2v) is 6.43. The molecule has 10 heteroatoms. The number of rotatable bonds is 5. The summed E-state index contributed by atoms with van der Waals surface area (Å²) >= 11 is 0. The summed E-state index contributed by atoms with van der Waals surface area (Å²) in [5.41, 5.74) is 6.49. The van der Waals surface area contributed by atoms with E-state index in [2.05, 4.69) is 5.16 Å². The number of benzene rings is 1. The number of ether oxygens (including phenoxy) is 2. The number of carbonyl (C=O) groups is 1. The molecule has 1 aliphatic heterocycles. The van der Waals surface area contributed by atoms with Crippen LogP contribution in [-0.2, 0) is 4.74 Å². The standard InChI is InChI=1S/C18H23FN4O4.ClH/c1-22(2)17-15(18(24)23-6-7-26-12(9-20)10-23)16(27-21-17)11-4-5-13(19)14(8-11)25-3;/h4-5,8,12H,6-7,9-10,20H2,1-3H3;1H. The van der Waals surface area contributed by atoms with Crippen molar-refractivity contribution in [3.63, 3.8) is 0 Å². The summed E-state index contributed by atoms with van der Waals surface area (Å²) in [4.78, 5) is 16.6. The zero-order valence-electron chi connectivity index (χ0n) is 16.0. The van der Waals surface area contributed by atoms with E-state index in [0.29, 0.717) is 43.2 Å². The highest BCUT2D eigenvalue weighted by atomic mass is 35.5. The number of hydrogen-bond donors (Lipinski definition) is 1. The van der Waals surface area contributed by atoms with E-state index in [9.17, 15) is 9.18 Å². The topological polar surface area (TPSA) is 94.1 Å². The maximum absolute atomic E-state index is 13.8. The van der Waals surface area contributed by atoms with Crippen LogP contribution in [0.4, 0.5) is 10.2 Å². The van der Waals surface area contributed by atoms with E-state index in [4.69, 9.17) is 19.7 Å². The Kier molecular flexibility index (Phi) is 7.22. The molecule has 3 rings (SSSR count). The Morgan fingerprint density at radius 1 is 1.46 bits per heavy atom. The third-order valence-electron chi connectivity index (χ3n) is 4.41. The Morgan fingerprint density at radius 3 is 2.86 bits per heavy atom. The lowest BCUT2D eigenvalue weighted by Crippen LogP contribution is -2.48. The summed E-state index contributed by atoms with van der Waals surface area (Å²) < 4.78 is 29.8. The summed E-state index contributed by atoms with van der Waals surface area (Å²) in [6.07, 6.45) is -0.209. The number of nitrogens with two attached hydrogens (primary N) is 1. The van der Waals surface area contributed by atoms with Gasteiger partial charge in [0.15, 0.2) is 23.1 Å². The van der Waals surface area contributed by atoms with Crippen LogP contribution < -0.4 is 15.4 Å². The molecule has 0 bridgehead atoms. The molecule has 28 heavy (non-hydrogen) atoms. The molecule has 0 spiro atoms. The Morgan fingerprint density at radius 2 is 2.21 bits per heavy atom. The van der Waals surface area contributed by atoms with Crippen LogP contribution >= 0.6 is 12.4 Å². The molecule has 1 aromatic carbocycles. The smallest absolute Gasteiger partial charge is 0.261 e. The Balaban J connectivity index is 0.00000280. The van der Waals surface area contributed by atoms with E-state index in [0.717, 1.165) is 0 Å². The second kappa shape index (κ2) is 9.22. The lowest BCUT2D eigenvalue weighted by Gasteiger charge is -2.32. The summed E-state index contributed by atoms with van der Waals surface area (Å²) in [7, 11) is 4.91. The molecule has 8 nitrogen and oxygen atoms in total. The Bertz CT molecular complexity index is 830. The van der Waals surface area contributed by atoms with Gasteiger partial charge in [-0.25, -0.2) is 4.39 Å². The number of anilines is 1. The monoisotopic (exact) mass is 414 g/mol. The van der Waals surface area contributed by atoms with Crippen LogP contribution in [0.1, 0.15) is 10.4 Å². The van der Waals surface area contributed by atoms with Gasteiger partial charge in [-0.15, -0.1) is 12.4 Å². The third-order valence-corrected chi connectivity index (χ3v) is 4.41. The van der Waals surface area contributed by atoms with E-state index in [1.165, 1.54) is 25.3 Å². The summed E-state index contributed by atoms with van der Waals surface area (Å²) in [5, 5.41) is 4.04. The SMILES string of the molecule is COc1cc(-c2onc(N(C)C)c2C(=O)N2CCOC(CN)C2)ccc1F.Cl. The zero-order chi connectivity index (χ0) is 19.6. The molecule has 2 N–H and O–H groups in total. The average Bonchev–Trinajstić information content (AvgIpc) is 3.13. The van der Waals surface area contributed by atoms with Gasteiger partial charge in [-0.05, 0) is 18.2 Å². The van der Waals surface area contributed by atoms with Gasteiger partial charge in [-0.3, -0.25) is 4.79 Å². The number of halogens is 2. The molecule has 0 saturated carbocycles. The molecule has 1 amide bonds. The number of morpholine rings is 1. The van der Waals surface area contributed by atoms with Crippen molar-refractivity contribution in [1.82, 2.24) is 10.1 Å². The number of methoxy groups -OCH3 is 1. The van der Waals surface area contributed by atoms with Gasteiger partial charge in [0.2, 0.25) is 0 Å². The molecule has 1 aromatic heterocycles. The minimum Gasteiger partial charge on any atom is -0.494 e. The molecule has 1 aliphatic rings. The molecule has 2 aromatic rings. The second-order valence-electron chi connectivity index (χ2n) is 6.43. The quantitative estimate of drug-likeness (QED) is 0.796. The van der Waals surface area contributed by atoms with Gasteiger partial charge >= 0.3 is 0 Å². The molecule has 0 radical (unpaired) electrons. The first-order chi connectivity index (χ1) is 13.0. The van der Waals surface area contributed by atoms with Crippen LogP contribution in [0.15, 0.2) is 22.7 Å². The predicted octanol–water partition coefficient (Wildman–Crippen LogP) is 1.78. The lowest BCUT2D eigenvalue weighted by atomic mass is 10.1. The van der Waals surface area contributed by atoms with Crippen molar-refractivity contribution >= 4 is 24.1 Å². The van der Waals surface area contributed by atoms with Crippen molar-refractivity contribution in [3.05, 3.63) is 29.6 Å². The Labute approximate surface area is 168 Å². The van der Waals surface area contributed by atoms with Gasteiger partial charge in [-0.2, -0.15) is 0 Å². The number of carbonyl (C=O) groups excluding carboxylic acids is 1. The van der Waals surface area contributed by atoms with Gasteiger partial charge < -0.3 is 29.5 Å². The van der Waals surface area contributed by atoms with E-state index in [1.807, 2.05) is 0 Å². The fraction of sp³-hybridized carbons (Fsp3) is 0.444. The fourth-order valence-electron chi connectivity index (χ4n) is 2.98. The van der Waals surface area contributed by atoms with Crippen molar-refractivity contribution in [1.29, 1.82) is 0 Å². The number of aromatic nitrogens is 1. The van der Waals surface area contributed by atoms with E-state index in [1.54, 1.807) is 23.9 Å². The minimum absolute atomic E-state index is 0.